The van der Waals surface area contributed by atoms with Gasteiger partial charge in [0.2, 0.25) is 5.91 Å². The van der Waals surface area contributed by atoms with Crippen molar-refractivity contribution in [2.45, 2.75) is 38.4 Å². The number of carboxylic acid groups (broad SMARTS) is 1. The molecule has 0 radical (unpaired) electrons. The Hall–Kier alpha value is -2.37. The summed E-state index contributed by atoms with van der Waals surface area (Å²) in [6.45, 7) is 2.24. The van der Waals surface area contributed by atoms with Crippen LogP contribution in [0.3, 0.4) is 0 Å². The SMILES string of the molecule is CC(CC(=O)N(C)Cc1ccccc1Cl)N[C@H](Cc1ccccc1)C(=O)O. The molecule has 1 unspecified atom stereocenters. The maximum Gasteiger partial charge on any atom is 0.321 e. The van der Waals surface area contributed by atoms with Gasteiger partial charge in [0.15, 0.2) is 0 Å². The van der Waals surface area contributed by atoms with Crippen LogP contribution in [-0.4, -0.2) is 41.0 Å². The Kier molecular flexibility index (Phi) is 7.82. The molecule has 0 bridgehead atoms. The molecule has 0 saturated carbocycles. The third-order valence-corrected chi connectivity index (χ3v) is 4.71. The molecule has 2 rings (SSSR count). The van der Waals surface area contributed by atoms with Gasteiger partial charge in [0.05, 0.1) is 0 Å². The zero-order chi connectivity index (χ0) is 19.8. The molecule has 144 valence electrons. The quantitative estimate of drug-likeness (QED) is 0.691. The van der Waals surface area contributed by atoms with Gasteiger partial charge in [-0.1, -0.05) is 60.1 Å². The Bertz CT molecular complexity index is 767. The molecule has 0 aromatic heterocycles. The zero-order valence-electron chi connectivity index (χ0n) is 15.6. The Labute approximate surface area is 165 Å². The third-order valence-electron chi connectivity index (χ3n) is 4.34. The number of amides is 1. The largest absolute Gasteiger partial charge is 0.480 e. The molecule has 2 aromatic carbocycles. The molecular formula is C21H25ClN2O3. The van der Waals surface area contributed by atoms with E-state index in [1.165, 1.54) is 0 Å². The van der Waals surface area contributed by atoms with Crippen LogP contribution < -0.4 is 5.32 Å². The number of nitrogens with one attached hydrogen (secondary N) is 1. The first-order chi connectivity index (χ1) is 12.9. The molecule has 2 atom stereocenters. The lowest BCUT2D eigenvalue weighted by molar-refractivity contribution is -0.140. The van der Waals surface area contributed by atoms with Crippen LogP contribution in [0.2, 0.25) is 5.02 Å². The molecule has 5 nitrogen and oxygen atoms in total. The Morgan fingerprint density at radius 2 is 1.74 bits per heavy atom. The average molecular weight is 389 g/mol. The second-order valence-electron chi connectivity index (χ2n) is 6.69. The number of benzene rings is 2. The number of carbonyl (C=O) groups is 2. The fraction of sp³-hybridized carbons (Fsp3) is 0.333. The van der Waals surface area contributed by atoms with Crippen LogP contribution in [0, 0.1) is 0 Å². The highest BCUT2D eigenvalue weighted by molar-refractivity contribution is 6.31. The number of aliphatic carboxylic acids is 1. The number of hydrogen-bond acceptors (Lipinski definition) is 3. The van der Waals surface area contributed by atoms with E-state index in [-0.39, 0.29) is 18.4 Å². The van der Waals surface area contributed by atoms with Crippen LogP contribution in [0.5, 0.6) is 0 Å². The molecule has 0 heterocycles. The minimum Gasteiger partial charge on any atom is -0.480 e. The highest BCUT2D eigenvalue weighted by atomic mass is 35.5. The second-order valence-corrected chi connectivity index (χ2v) is 7.10. The number of carbonyl (C=O) groups excluding carboxylic acids is 1. The second kappa shape index (κ2) is 10.1. The lowest BCUT2D eigenvalue weighted by atomic mass is 10.0. The molecule has 27 heavy (non-hydrogen) atoms. The Balaban J connectivity index is 1.90. The molecule has 0 aliphatic carbocycles. The van der Waals surface area contributed by atoms with Gasteiger partial charge < -0.3 is 15.3 Å². The molecule has 0 aliphatic heterocycles. The lowest BCUT2D eigenvalue weighted by Gasteiger charge is -2.23. The van der Waals surface area contributed by atoms with Gasteiger partial charge >= 0.3 is 5.97 Å². The summed E-state index contributed by atoms with van der Waals surface area (Å²) in [4.78, 5) is 25.6. The van der Waals surface area contributed by atoms with Crippen LogP contribution in [-0.2, 0) is 22.6 Å². The maximum absolute atomic E-state index is 12.5. The minimum atomic E-state index is -0.928. The number of hydrogen-bond donors (Lipinski definition) is 2. The van der Waals surface area contributed by atoms with E-state index in [1.807, 2.05) is 55.5 Å². The average Bonchev–Trinajstić information content (AvgIpc) is 2.63. The van der Waals surface area contributed by atoms with Crippen molar-refractivity contribution in [3.63, 3.8) is 0 Å². The van der Waals surface area contributed by atoms with Crippen LogP contribution in [0.15, 0.2) is 54.6 Å². The van der Waals surface area contributed by atoms with Crippen LogP contribution in [0.25, 0.3) is 0 Å². The van der Waals surface area contributed by atoms with E-state index in [0.29, 0.717) is 18.0 Å². The van der Waals surface area contributed by atoms with Crippen LogP contribution >= 0.6 is 11.6 Å². The van der Waals surface area contributed by atoms with Gasteiger partial charge in [-0.2, -0.15) is 0 Å². The van der Waals surface area contributed by atoms with Gasteiger partial charge in [0, 0.05) is 31.1 Å². The number of carboxylic acids is 1. The van der Waals surface area contributed by atoms with Crippen molar-refractivity contribution in [1.82, 2.24) is 10.2 Å². The predicted octanol–water partition coefficient (Wildman–Crippen LogP) is 3.36. The van der Waals surface area contributed by atoms with Crippen molar-refractivity contribution in [2.24, 2.45) is 0 Å². The van der Waals surface area contributed by atoms with E-state index in [1.54, 1.807) is 18.0 Å². The highest BCUT2D eigenvalue weighted by Crippen LogP contribution is 2.17. The molecule has 2 aromatic rings. The molecule has 0 spiro atoms. The number of nitrogens with zero attached hydrogens (tertiary/aromatic N) is 1. The number of halogens is 1. The fourth-order valence-corrected chi connectivity index (χ4v) is 3.05. The van der Waals surface area contributed by atoms with Crippen molar-refractivity contribution in [2.75, 3.05) is 7.05 Å². The summed E-state index contributed by atoms with van der Waals surface area (Å²) in [5, 5.41) is 13.2. The minimum absolute atomic E-state index is 0.0706. The van der Waals surface area contributed by atoms with Crippen molar-refractivity contribution < 1.29 is 14.7 Å². The van der Waals surface area contributed by atoms with Crippen molar-refractivity contribution in [3.05, 3.63) is 70.7 Å². The maximum atomic E-state index is 12.5. The van der Waals surface area contributed by atoms with Crippen LogP contribution in [0.1, 0.15) is 24.5 Å². The summed E-state index contributed by atoms with van der Waals surface area (Å²) in [7, 11) is 1.72. The normalized spacial score (nSPS) is 13.0. The monoisotopic (exact) mass is 388 g/mol. The van der Waals surface area contributed by atoms with Gasteiger partial charge in [0.1, 0.15) is 6.04 Å². The molecule has 0 saturated heterocycles. The molecule has 2 N–H and O–H groups in total. The summed E-state index contributed by atoms with van der Waals surface area (Å²) in [6, 6.07) is 15.8. The van der Waals surface area contributed by atoms with E-state index >= 15 is 0 Å². The standard InChI is InChI=1S/C21H25ClN2O3/c1-15(23-19(21(26)27)13-16-8-4-3-5-9-16)12-20(25)24(2)14-17-10-6-7-11-18(17)22/h3-11,15,19,23H,12-14H2,1-2H3,(H,26,27)/t15?,19-/m1/s1. The summed E-state index contributed by atoms with van der Waals surface area (Å²) < 4.78 is 0. The lowest BCUT2D eigenvalue weighted by Crippen LogP contribution is -2.45. The summed E-state index contributed by atoms with van der Waals surface area (Å²) >= 11 is 6.14. The van der Waals surface area contributed by atoms with E-state index in [0.717, 1.165) is 11.1 Å². The first kappa shape index (κ1) is 20.9. The van der Waals surface area contributed by atoms with Gasteiger partial charge in [-0.05, 0) is 30.5 Å². The smallest absolute Gasteiger partial charge is 0.321 e. The van der Waals surface area contributed by atoms with Gasteiger partial charge in [-0.15, -0.1) is 0 Å². The van der Waals surface area contributed by atoms with E-state index in [4.69, 9.17) is 11.6 Å². The molecule has 6 heteroatoms. The predicted molar refractivity (Wildman–Crippen MR) is 107 cm³/mol. The molecular weight excluding hydrogens is 364 g/mol. The van der Waals surface area contributed by atoms with Gasteiger partial charge in [0.25, 0.3) is 0 Å². The third kappa shape index (κ3) is 6.70. The Morgan fingerprint density at radius 3 is 2.37 bits per heavy atom. The van der Waals surface area contributed by atoms with Crippen molar-refractivity contribution >= 4 is 23.5 Å². The summed E-state index contributed by atoms with van der Waals surface area (Å²) in [5.74, 6) is -0.999. The first-order valence-corrected chi connectivity index (χ1v) is 9.24. The molecule has 0 fully saturated rings. The topological polar surface area (TPSA) is 69.6 Å². The van der Waals surface area contributed by atoms with Crippen molar-refractivity contribution in [1.29, 1.82) is 0 Å². The fourth-order valence-electron chi connectivity index (χ4n) is 2.86. The summed E-state index contributed by atoms with van der Waals surface area (Å²) in [5.41, 5.74) is 1.81. The molecule has 0 aliphatic rings. The van der Waals surface area contributed by atoms with Crippen LogP contribution in [0.4, 0.5) is 0 Å². The van der Waals surface area contributed by atoms with E-state index in [9.17, 15) is 14.7 Å². The zero-order valence-corrected chi connectivity index (χ0v) is 16.3. The van der Waals surface area contributed by atoms with E-state index < -0.39 is 12.0 Å². The first-order valence-electron chi connectivity index (χ1n) is 8.87. The highest BCUT2D eigenvalue weighted by Gasteiger charge is 2.22. The van der Waals surface area contributed by atoms with Gasteiger partial charge in [-0.25, -0.2) is 0 Å². The summed E-state index contributed by atoms with van der Waals surface area (Å²) in [6.07, 6.45) is 0.573. The Morgan fingerprint density at radius 1 is 1.11 bits per heavy atom. The molecule has 1 amide bonds. The van der Waals surface area contributed by atoms with Gasteiger partial charge in [-0.3, -0.25) is 9.59 Å². The number of rotatable bonds is 9. The van der Waals surface area contributed by atoms with Crippen molar-refractivity contribution in [3.8, 4) is 0 Å². The van der Waals surface area contributed by atoms with E-state index in [2.05, 4.69) is 5.32 Å².